The molecule has 1 aromatic rings. The lowest BCUT2D eigenvalue weighted by Crippen LogP contribution is -2.15. The van der Waals surface area contributed by atoms with Gasteiger partial charge in [0.1, 0.15) is 11.5 Å². The van der Waals surface area contributed by atoms with E-state index in [9.17, 15) is 0 Å². The van der Waals surface area contributed by atoms with Crippen molar-refractivity contribution in [3.63, 3.8) is 0 Å². The summed E-state index contributed by atoms with van der Waals surface area (Å²) in [4.78, 5) is 0. The van der Waals surface area contributed by atoms with Crippen molar-refractivity contribution in [1.82, 2.24) is 0 Å². The summed E-state index contributed by atoms with van der Waals surface area (Å²) in [6.45, 7) is 2.01. The first-order valence-electron chi connectivity index (χ1n) is 5.13. The summed E-state index contributed by atoms with van der Waals surface area (Å²) in [6, 6.07) is 6.13. The Morgan fingerprint density at radius 2 is 1.67 bits per heavy atom. The number of aryl methyl sites for hydroxylation is 1. The molecule has 0 amide bonds. The fourth-order valence-corrected chi connectivity index (χ4v) is 1.41. The maximum Gasteiger partial charge on any atom is 0.122 e. The zero-order valence-electron chi connectivity index (χ0n) is 9.62. The van der Waals surface area contributed by atoms with Gasteiger partial charge in [0, 0.05) is 12.1 Å². The van der Waals surface area contributed by atoms with Crippen LogP contribution >= 0.6 is 0 Å². The van der Waals surface area contributed by atoms with E-state index in [0.29, 0.717) is 0 Å². The monoisotopic (exact) mass is 209 g/mol. The molecule has 3 heteroatoms. The van der Waals surface area contributed by atoms with Crippen LogP contribution in [0.5, 0.6) is 11.5 Å². The van der Waals surface area contributed by atoms with Gasteiger partial charge >= 0.3 is 0 Å². The Labute approximate surface area is 91.2 Å². The summed E-state index contributed by atoms with van der Waals surface area (Å²) in [5.74, 6) is 1.66. The summed E-state index contributed by atoms with van der Waals surface area (Å²) < 4.78 is 10.4. The van der Waals surface area contributed by atoms with Crippen molar-refractivity contribution >= 4 is 0 Å². The molecule has 0 aliphatic rings. The largest absolute Gasteiger partial charge is 0.497 e. The van der Waals surface area contributed by atoms with E-state index >= 15 is 0 Å². The van der Waals surface area contributed by atoms with E-state index in [2.05, 4.69) is 0 Å². The highest BCUT2D eigenvalue weighted by Crippen LogP contribution is 2.23. The van der Waals surface area contributed by atoms with E-state index < -0.39 is 0 Å². The predicted octanol–water partition coefficient (Wildman–Crippen LogP) is 1.98. The van der Waals surface area contributed by atoms with E-state index in [4.69, 9.17) is 15.2 Å². The van der Waals surface area contributed by atoms with E-state index in [-0.39, 0.29) is 6.04 Å². The lowest BCUT2D eigenvalue weighted by molar-refractivity contribution is 0.393. The fourth-order valence-electron chi connectivity index (χ4n) is 1.41. The molecule has 1 atom stereocenters. The van der Waals surface area contributed by atoms with Crippen LogP contribution in [0.1, 0.15) is 18.9 Å². The Bertz CT molecular complexity index is 288. The summed E-state index contributed by atoms with van der Waals surface area (Å²) >= 11 is 0. The summed E-state index contributed by atoms with van der Waals surface area (Å²) in [5, 5.41) is 0. The van der Waals surface area contributed by atoms with Gasteiger partial charge in [0.15, 0.2) is 0 Å². The van der Waals surface area contributed by atoms with Crippen molar-refractivity contribution in [1.29, 1.82) is 0 Å². The molecule has 0 bridgehead atoms. The molecule has 0 aromatic heterocycles. The van der Waals surface area contributed by atoms with Crippen LogP contribution in [0.15, 0.2) is 18.2 Å². The van der Waals surface area contributed by atoms with Gasteiger partial charge in [-0.2, -0.15) is 0 Å². The Kier molecular flexibility index (Phi) is 4.43. The zero-order valence-corrected chi connectivity index (χ0v) is 9.62. The van der Waals surface area contributed by atoms with Crippen LogP contribution in [0.2, 0.25) is 0 Å². The molecule has 3 nitrogen and oxygen atoms in total. The highest BCUT2D eigenvalue weighted by molar-refractivity contribution is 5.38. The normalized spacial score (nSPS) is 12.3. The number of methoxy groups -OCH3 is 2. The molecule has 0 radical (unpaired) electrons. The summed E-state index contributed by atoms with van der Waals surface area (Å²) in [7, 11) is 3.31. The first kappa shape index (κ1) is 11.9. The molecule has 0 spiro atoms. The molecule has 0 aliphatic carbocycles. The minimum Gasteiger partial charge on any atom is -0.497 e. The second-order valence-electron chi connectivity index (χ2n) is 3.74. The van der Waals surface area contributed by atoms with Gasteiger partial charge in [-0.05, 0) is 37.5 Å². The first-order chi connectivity index (χ1) is 7.15. The molecule has 0 heterocycles. The molecule has 0 saturated carbocycles. The zero-order chi connectivity index (χ0) is 11.3. The quantitative estimate of drug-likeness (QED) is 0.806. The van der Waals surface area contributed by atoms with E-state index in [1.54, 1.807) is 14.2 Å². The van der Waals surface area contributed by atoms with Crippen LogP contribution in [0, 0.1) is 0 Å². The van der Waals surface area contributed by atoms with Gasteiger partial charge in [-0.1, -0.05) is 0 Å². The van der Waals surface area contributed by atoms with Crippen molar-refractivity contribution < 1.29 is 9.47 Å². The average Bonchev–Trinajstić information content (AvgIpc) is 2.25. The summed E-state index contributed by atoms with van der Waals surface area (Å²) in [5.41, 5.74) is 6.92. The molecule has 0 saturated heterocycles. The van der Waals surface area contributed by atoms with Crippen LogP contribution in [-0.2, 0) is 6.42 Å². The van der Waals surface area contributed by atoms with Crippen LogP contribution in [0.4, 0.5) is 0 Å². The molecular weight excluding hydrogens is 190 g/mol. The van der Waals surface area contributed by atoms with Crippen LogP contribution in [-0.4, -0.2) is 20.3 Å². The minimum atomic E-state index is 0.224. The standard InChI is InChI=1S/C12H19NO2/c1-9(13)4-5-10-6-11(14-2)8-12(7-10)15-3/h6-9H,4-5,13H2,1-3H3. The number of nitrogens with two attached hydrogens (primary N) is 1. The molecule has 1 unspecified atom stereocenters. The topological polar surface area (TPSA) is 44.5 Å². The number of benzene rings is 1. The Morgan fingerprint density at radius 1 is 1.13 bits per heavy atom. The molecule has 1 aromatic carbocycles. The van der Waals surface area contributed by atoms with Gasteiger partial charge in [-0.25, -0.2) is 0 Å². The number of rotatable bonds is 5. The maximum atomic E-state index is 5.72. The third-order valence-electron chi connectivity index (χ3n) is 2.30. The Morgan fingerprint density at radius 3 is 2.07 bits per heavy atom. The van der Waals surface area contributed by atoms with Crippen molar-refractivity contribution in [2.24, 2.45) is 5.73 Å². The summed E-state index contributed by atoms with van der Waals surface area (Å²) in [6.07, 6.45) is 1.92. The lowest BCUT2D eigenvalue weighted by Gasteiger charge is -2.09. The highest BCUT2D eigenvalue weighted by Gasteiger charge is 2.03. The first-order valence-corrected chi connectivity index (χ1v) is 5.13. The van der Waals surface area contributed by atoms with Gasteiger partial charge in [-0.3, -0.25) is 0 Å². The predicted molar refractivity (Wildman–Crippen MR) is 61.5 cm³/mol. The van der Waals surface area contributed by atoms with Gasteiger partial charge in [0.2, 0.25) is 0 Å². The van der Waals surface area contributed by atoms with Crippen molar-refractivity contribution in [3.8, 4) is 11.5 Å². The van der Waals surface area contributed by atoms with Crippen LogP contribution in [0.3, 0.4) is 0 Å². The van der Waals surface area contributed by atoms with Gasteiger partial charge in [0.25, 0.3) is 0 Å². The molecule has 15 heavy (non-hydrogen) atoms. The number of hydrogen-bond acceptors (Lipinski definition) is 3. The van der Waals surface area contributed by atoms with E-state index in [1.807, 2.05) is 25.1 Å². The average molecular weight is 209 g/mol. The van der Waals surface area contributed by atoms with E-state index in [1.165, 1.54) is 5.56 Å². The fraction of sp³-hybridized carbons (Fsp3) is 0.500. The molecule has 0 fully saturated rings. The van der Waals surface area contributed by atoms with Crippen LogP contribution in [0.25, 0.3) is 0 Å². The number of ether oxygens (including phenoxy) is 2. The molecule has 0 aliphatic heterocycles. The van der Waals surface area contributed by atoms with Gasteiger partial charge in [0.05, 0.1) is 14.2 Å². The van der Waals surface area contributed by atoms with Crippen molar-refractivity contribution in [3.05, 3.63) is 23.8 Å². The van der Waals surface area contributed by atoms with Gasteiger partial charge in [-0.15, -0.1) is 0 Å². The van der Waals surface area contributed by atoms with Crippen molar-refractivity contribution in [2.45, 2.75) is 25.8 Å². The smallest absolute Gasteiger partial charge is 0.122 e. The second kappa shape index (κ2) is 5.61. The maximum absolute atomic E-state index is 5.72. The highest BCUT2D eigenvalue weighted by atomic mass is 16.5. The second-order valence-corrected chi connectivity index (χ2v) is 3.74. The van der Waals surface area contributed by atoms with Crippen LogP contribution < -0.4 is 15.2 Å². The molecule has 2 N–H and O–H groups in total. The lowest BCUT2D eigenvalue weighted by atomic mass is 10.1. The molecule has 84 valence electrons. The molecule has 1 rings (SSSR count). The third-order valence-corrected chi connectivity index (χ3v) is 2.30. The Hall–Kier alpha value is -1.22. The third kappa shape index (κ3) is 3.80. The SMILES string of the molecule is COc1cc(CCC(C)N)cc(OC)c1. The van der Waals surface area contributed by atoms with E-state index in [0.717, 1.165) is 24.3 Å². The number of hydrogen-bond donors (Lipinski definition) is 1. The minimum absolute atomic E-state index is 0.224. The Balaban J connectivity index is 2.77. The van der Waals surface area contributed by atoms with Crippen molar-refractivity contribution in [2.75, 3.05) is 14.2 Å². The van der Waals surface area contributed by atoms with Gasteiger partial charge < -0.3 is 15.2 Å². The molecular formula is C12H19NO2.